The molecule has 1 amide bonds. The third-order valence-corrected chi connectivity index (χ3v) is 3.52. The molecule has 3 rings (SSSR count). The quantitative estimate of drug-likeness (QED) is 0.534. The second kappa shape index (κ2) is 7.43. The Balaban J connectivity index is 1.70. The van der Waals surface area contributed by atoms with Crippen LogP contribution in [0.25, 0.3) is 10.9 Å². The number of hydrogen-bond donors (Lipinski definition) is 1. The Morgan fingerprint density at radius 3 is 2.81 bits per heavy atom. The lowest BCUT2D eigenvalue weighted by Gasteiger charge is -2.11. The zero-order valence-corrected chi connectivity index (χ0v) is 13.7. The van der Waals surface area contributed by atoms with Gasteiger partial charge in [0.1, 0.15) is 12.1 Å². The Morgan fingerprint density at radius 2 is 2.04 bits per heavy atom. The summed E-state index contributed by atoms with van der Waals surface area (Å²) in [5, 5.41) is 14.1. The summed E-state index contributed by atoms with van der Waals surface area (Å²) < 4.78 is 10.6. The van der Waals surface area contributed by atoms with Gasteiger partial charge < -0.3 is 14.8 Å². The van der Waals surface area contributed by atoms with Crippen LogP contribution in [0.1, 0.15) is 0 Å². The van der Waals surface area contributed by atoms with Gasteiger partial charge >= 0.3 is 0 Å². The Labute approximate surface area is 147 Å². The van der Waals surface area contributed by atoms with Gasteiger partial charge in [-0.15, -0.1) is 0 Å². The molecule has 1 N–H and O–H groups in total. The van der Waals surface area contributed by atoms with Crippen LogP contribution in [0.3, 0.4) is 0 Å². The van der Waals surface area contributed by atoms with Crippen LogP contribution in [0, 0.1) is 10.1 Å². The number of fused-ring (bicyclic) bond motifs is 1. The number of hydrogen-bond acceptors (Lipinski definition) is 7. The molecule has 0 aliphatic carbocycles. The number of para-hydroxylation sites is 1. The van der Waals surface area contributed by atoms with Gasteiger partial charge in [0.15, 0.2) is 6.61 Å². The van der Waals surface area contributed by atoms with E-state index in [1.54, 1.807) is 6.07 Å². The summed E-state index contributed by atoms with van der Waals surface area (Å²) in [4.78, 5) is 30.6. The molecule has 0 radical (unpaired) electrons. The van der Waals surface area contributed by atoms with E-state index >= 15 is 0 Å². The highest BCUT2D eigenvalue weighted by Crippen LogP contribution is 2.29. The molecule has 0 saturated heterocycles. The first kappa shape index (κ1) is 17.1. The molecule has 0 fully saturated rings. The first-order valence-electron chi connectivity index (χ1n) is 7.53. The number of non-ortho nitro benzene ring substituents is 1. The van der Waals surface area contributed by atoms with Crippen molar-refractivity contribution in [3.05, 3.63) is 58.9 Å². The van der Waals surface area contributed by atoms with E-state index in [1.807, 2.05) is 18.2 Å². The number of nitrogens with one attached hydrogen (secondary N) is 1. The van der Waals surface area contributed by atoms with Gasteiger partial charge in [0.2, 0.25) is 5.88 Å². The third kappa shape index (κ3) is 3.66. The van der Waals surface area contributed by atoms with Crippen molar-refractivity contribution < 1.29 is 19.2 Å². The number of aromatic nitrogens is 2. The van der Waals surface area contributed by atoms with Crippen LogP contribution in [0.15, 0.2) is 48.8 Å². The van der Waals surface area contributed by atoms with Crippen molar-refractivity contribution in [1.29, 1.82) is 0 Å². The van der Waals surface area contributed by atoms with Crippen LogP contribution in [-0.4, -0.2) is 34.5 Å². The van der Waals surface area contributed by atoms with Crippen LogP contribution in [0.2, 0.25) is 0 Å². The third-order valence-electron chi connectivity index (χ3n) is 3.52. The molecule has 0 saturated carbocycles. The summed E-state index contributed by atoms with van der Waals surface area (Å²) in [6.07, 6.45) is 1.36. The molecule has 26 heavy (non-hydrogen) atoms. The van der Waals surface area contributed by atoms with E-state index in [9.17, 15) is 14.9 Å². The molecule has 0 aliphatic rings. The number of anilines is 1. The number of nitro groups is 1. The number of carbonyl (C=O) groups excluding carboxylic acids is 1. The van der Waals surface area contributed by atoms with E-state index < -0.39 is 10.8 Å². The number of ether oxygens (including phenoxy) is 2. The smallest absolute Gasteiger partial charge is 0.273 e. The minimum absolute atomic E-state index is 0.136. The summed E-state index contributed by atoms with van der Waals surface area (Å²) in [7, 11) is 1.36. The van der Waals surface area contributed by atoms with Gasteiger partial charge in [0.25, 0.3) is 11.6 Å². The van der Waals surface area contributed by atoms with Crippen molar-refractivity contribution >= 4 is 28.2 Å². The topological polar surface area (TPSA) is 116 Å². The molecule has 0 bridgehead atoms. The fourth-order valence-corrected chi connectivity index (χ4v) is 2.31. The monoisotopic (exact) mass is 354 g/mol. The average molecular weight is 354 g/mol. The van der Waals surface area contributed by atoms with Gasteiger partial charge in [0.05, 0.1) is 34.7 Å². The summed E-state index contributed by atoms with van der Waals surface area (Å²) in [6, 6.07) is 11.2. The molecule has 1 heterocycles. The van der Waals surface area contributed by atoms with E-state index in [-0.39, 0.29) is 18.0 Å². The molecular formula is C17H14N4O5. The number of amides is 1. The minimum Gasteiger partial charge on any atom is -0.494 e. The van der Waals surface area contributed by atoms with Crippen LogP contribution < -0.4 is 14.8 Å². The maximum absolute atomic E-state index is 12.1. The number of benzene rings is 2. The first-order chi connectivity index (χ1) is 12.6. The van der Waals surface area contributed by atoms with Gasteiger partial charge in [0, 0.05) is 6.07 Å². The van der Waals surface area contributed by atoms with E-state index in [1.165, 1.54) is 31.6 Å². The number of rotatable bonds is 6. The lowest BCUT2D eigenvalue weighted by molar-refractivity contribution is -0.384. The highest BCUT2D eigenvalue weighted by molar-refractivity contribution is 5.94. The van der Waals surface area contributed by atoms with Gasteiger partial charge in [-0.25, -0.2) is 9.97 Å². The average Bonchev–Trinajstić information content (AvgIpc) is 2.66. The van der Waals surface area contributed by atoms with E-state index in [0.717, 1.165) is 0 Å². The molecule has 3 aromatic rings. The van der Waals surface area contributed by atoms with Gasteiger partial charge in [-0.2, -0.15) is 0 Å². The van der Waals surface area contributed by atoms with Crippen LogP contribution in [0.5, 0.6) is 11.6 Å². The van der Waals surface area contributed by atoms with Crippen LogP contribution in [0.4, 0.5) is 11.4 Å². The van der Waals surface area contributed by atoms with Crippen molar-refractivity contribution in [2.24, 2.45) is 0 Å². The normalized spacial score (nSPS) is 10.3. The van der Waals surface area contributed by atoms with Gasteiger partial charge in [-0.05, 0) is 18.2 Å². The SMILES string of the molecule is COc1cc([N+](=O)[O-])ccc1NC(=O)COc1ncnc2ccccc12. The molecule has 132 valence electrons. The maximum Gasteiger partial charge on any atom is 0.273 e. The molecule has 0 unspecified atom stereocenters. The molecule has 9 nitrogen and oxygen atoms in total. The van der Waals surface area contributed by atoms with E-state index in [4.69, 9.17) is 9.47 Å². The van der Waals surface area contributed by atoms with Crippen LogP contribution in [-0.2, 0) is 4.79 Å². The maximum atomic E-state index is 12.1. The summed E-state index contributed by atoms with van der Waals surface area (Å²) >= 11 is 0. The number of methoxy groups -OCH3 is 1. The lowest BCUT2D eigenvalue weighted by atomic mass is 10.2. The molecule has 2 aromatic carbocycles. The van der Waals surface area contributed by atoms with Crippen molar-refractivity contribution in [3.8, 4) is 11.6 Å². The fraction of sp³-hybridized carbons (Fsp3) is 0.118. The minimum atomic E-state index is -0.544. The van der Waals surface area contributed by atoms with Crippen LogP contribution >= 0.6 is 0 Å². The summed E-state index contributed by atoms with van der Waals surface area (Å²) in [5.41, 5.74) is 0.873. The van der Waals surface area contributed by atoms with Gasteiger partial charge in [-0.3, -0.25) is 14.9 Å². The Bertz CT molecular complexity index is 971. The van der Waals surface area contributed by atoms with E-state index in [2.05, 4.69) is 15.3 Å². The van der Waals surface area contributed by atoms with E-state index in [0.29, 0.717) is 22.5 Å². The predicted octanol–water partition coefficient (Wildman–Crippen LogP) is 2.56. The van der Waals surface area contributed by atoms with Crippen molar-refractivity contribution in [2.75, 3.05) is 19.0 Å². The predicted molar refractivity (Wildman–Crippen MR) is 93.3 cm³/mol. The molecule has 0 aliphatic heterocycles. The fourth-order valence-electron chi connectivity index (χ4n) is 2.31. The zero-order chi connectivity index (χ0) is 18.5. The number of nitrogens with zero attached hydrogens (tertiary/aromatic N) is 3. The highest BCUT2D eigenvalue weighted by Gasteiger charge is 2.14. The second-order valence-electron chi connectivity index (χ2n) is 5.17. The molecule has 1 aromatic heterocycles. The Kier molecular flexibility index (Phi) is 4.88. The standard InChI is InChI=1S/C17H14N4O5/c1-25-15-8-11(21(23)24)6-7-14(15)20-16(22)9-26-17-12-4-2-3-5-13(12)18-10-19-17/h2-8,10H,9H2,1H3,(H,20,22). The summed E-state index contributed by atoms with van der Waals surface area (Å²) in [5.74, 6) is 0.0151. The molecule has 0 spiro atoms. The Hall–Kier alpha value is -3.75. The Morgan fingerprint density at radius 1 is 1.23 bits per heavy atom. The van der Waals surface area contributed by atoms with Gasteiger partial charge in [-0.1, -0.05) is 12.1 Å². The lowest BCUT2D eigenvalue weighted by Crippen LogP contribution is -2.21. The molecule has 9 heteroatoms. The number of nitro benzene ring substituents is 1. The largest absolute Gasteiger partial charge is 0.494 e. The van der Waals surface area contributed by atoms with Crippen molar-refractivity contribution in [1.82, 2.24) is 9.97 Å². The molecule has 0 atom stereocenters. The molecular weight excluding hydrogens is 340 g/mol. The second-order valence-corrected chi connectivity index (χ2v) is 5.17. The highest BCUT2D eigenvalue weighted by atomic mass is 16.6. The first-order valence-corrected chi connectivity index (χ1v) is 7.53. The number of carbonyl (C=O) groups is 1. The van der Waals surface area contributed by atoms with Crippen molar-refractivity contribution in [3.63, 3.8) is 0 Å². The van der Waals surface area contributed by atoms with Crippen molar-refractivity contribution in [2.45, 2.75) is 0 Å². The summed E-state index contributed by atoms with van der Waals surface area (Å²) in [6.45, 7) is -0.291. The zero-order valence-electron chi connectivity index (χ0n) is 13.7.